The molecule has 0 aromatic heterocycles. The van der Waals surface area contributed by atoms with Crippen LogP contribution in [0, 0.1) is 13.8 Å². The molecule has 0 amide bonds. The second-order valence-corrected chi connectivity index (χ2v) is 5.75. The monoisotopic (exact) mass is 286 g/mol. The fraction of sp³-hybridized carbons (Fsp3) is 0.368. The van der Waals surface area contributed by atoms with Crippen LogP contribution in [0.15, 0.2) is 36.4 Å². The average Bonchev–Trinajstić information content (AvgIpc) is 2.37. The van der Waals surface area contributed by atoms with E-state index in [0.717, 1.165) is 23.1 Å². The first kappa shape index (κ1) is 17.1. The summed E-state index contributed by atoms with van der Waals surface area (Å²) in [7, 11) is 0. The summed E-state index contributed by atoms with van der Waals surface area (Å²) in [5.41, 5.74) is 4.44. The molecule has 0 aliphatic carbocycles. The van der Waals surface area contributed by atoms with E-state index in [1.54, 1.807) is 18.2 Å². The van der Waals surface area contributed by atoms with Crippen LogP contribution in [0.5, 0.6) is 11.5 Å². The van der Waals surface area contributed by atoms with Gasteiger partial charge in [-0.15, -0.1) is 0 Å². The van der Waals surface area contributed by atoms with Gasteiger partial charge in [0.25, 0.3) is 0 Å². The zero-order valence-corrected chi connectivity index (χ0v) is 13.6. The predicted octanol–water partition coefficient (Wildman–Crippen LogP) is 5.09. The van der Waals surface area contributed by atoms with E-state index < -0.39 is 0 Å². The number of phenolic OH excluding ortho intramolecular Hbond substituents is 2. The predicted molar refractivity (Wildman–Crippen MR) is 89.2 cm³/mol. The minimum Gasteiger partial charge on any atom is -0.508 e. The lowest BCUT2D eigenvalue weighted by Crippen LogP contribution is -1.87. The van der Waals surface area contributed by atoms with Crippen molar-refractivity contribution >= 4 is 0 Å². The maximum absolute atomic E-state index is 9.46. The lowest BCUT2D eigenvalue weighted by molar-refractivity contribution is 0.464. The summed E-state index contributed by atoms with van der Waals surface area (Å²) in [6.45, 7) is 10.2. The van der Waals surface area contributed by atoms with Crippen LogP contribution in [-0.2, 0) is 6.42 Å². The van der Waals surface area contributed by atoms with Crippen LogP contribution < -0.4 is 0 Å². The molecule has 0 saturated carbocycles. The maximum atomic E-state index is 9.46. The maximum Gasteiger partial charge on any atom is 0.119 e. The van der Waals surface area contributed by atoms with Gasteiger partial charge >= 0.3 is 0 Å². The van der Waals surface area contributed by atoms with E-state index in [4.69, 9.17) is 5.11 Å². The summed E-state index contributed by atoms with van der Waals surface area (Å²) >= 11 is 0. The van der Waals surface area contributed by atoms with Gasteiger partial charge in [-0.1, -0.05) is 39.0 Å². The van der Waals surface area contributed by atoms with Crippen LogP contribution >= 0.6 is 0 Å². The van der Waals surface area contributed by atoms with Gasteiger partial charge in [0.15, 0.2) is 0 Å². The number of hydrogen-bond acceptors (Lipinski definition) is 2. The van der Waals surface area contributed by atoms with Crippen molar-refractivity contribution in [2.45, 2.75) is 47.0 Å². The molecule has 2 rings (SSSR count). The molecule has 0 heterocycles. The smallest absolute Gasteiger partial charge is 0.119 e. The van der Waals surface area contributed by atoms with Crippen LogP contribution in [0.4, 0.5) is 0 Å². The lowest BCUT2D eigenvalue weighted by atomic mass is 10.0. The van der Waals surface area contributed by atoms with Crippen molar-refractivity contribution in [3.63, 3.8) is 0 Å². The molecule has 0 aliphatic heterocycles. The Morgan fingerprint density at radius 2 is 1.57 bits per heavy atom. The van der Waals surface area contributed by atoms with Gasteiger partial charge in [-0.2, -0.15) is 0 Å². The fourth-order valence-electron chi connectivity index (χ4n) is 2.19. The first-order chi connectivity index (χ1) is 9.83. The van der Waals surface area contributed by atoms with Gasteiger partial charge in [0, 0.05) is 0 Å². The molecular formula is C19H26O2. The normalized spacial score (nSPS) is 10.2. The highest BCUT2D eigenvalue weighted by molar-refractivity contribution is 5.37. The highest BCUT2D eigenvalue weighted by atomic mass is 16.3. The van der Waals surface area contributed by atoms with Gasteiger partial charge in [-0.05, 0) is 66.6 Å². The number of benzene rings is 2. The molecule has 0 unspecified atom stereocenters. The summed E-state index contributed by atoms with van der Waals surface area (Å²) < 4.78 is 0. The van der Waals surface area contributed by atoms with E-state index in [1.807, 2.05) is 26.0 Å². The molecule has 0 spiro atoms. The third kappa shape index (κ3) is 5.50. The average molecular weight is 286 g/mol. The van der Waals surface area contributed by atoms with Crippen molar-refractivity contribution in [1.29, 1.82) is 0 Å². The number of aromatic hydroxyl groups is 2. The Bertz CT molecular complexity index is 566. The zero-order valence-electron chi connectivity index (χ0n) is 13.6. The number of aryl methyl sites for hydroxylation is 3. The van der Waals surface area contributed by atoms with Crippen molar-refractivity contribution in [3.8, 4) is 11.5 Å². The van der Waals surface area contributed by atoms with Gasteiger partial charge < -0.3 is 10.2 Å². The topological polar surface area (TPSA) is 40.5 Å². The van der Waals surface area contributed by atoms with Crippen LogP contribution in [0.3, 0.4) is 0 Å². The largest absolute Gasteiger partial charge is 0.508 e. The molecule has 0 atom stereocenters. The number of hydrogen-bond donors (Lipinski definition) is 2. The third-order valence-corrected chi connectivity index (χ3v) is 3.34. The third-order valence-electron chi connectivity index (χ3n) is 3.34. The lowest BCUT2D eigenvalue weighted by Gasteiger charge is -2.07. The van der Waals surface area contributed by atoms with Crippen LogP contribution in [0.1, 0.15) is 48.9 Å². The Balaban J connectivity index is 0.000000211. The Hall–Kier alpha value is -1.96. The van der Waals surface area contributed by atoms with Crippen molar-refractivity contribution in [2.75, 3.05) is 0 Å². The molecule has 2 aromatic rings. The minimum atomic E-state index is 0.372. The fourth-order valence-corrected chi connectivity index (χ4v) is 2.19. The van der Waals surface area contributed by atoms with E-state index in [9.17, 15) is 5.11 Å². The van der Waals surface area contributed by atoms with Crippen LogP contribution in [-0.4, -0.2) is 10.2 Å². The molecule has 21 heavy (non-hydrogen) atoms. The molecule has 0 saturated heterocycles. The molecule has 2 aromatic carbocycles. The van der Waals surface area contributed by atoms with E-state index in [0.29, 0.717) is 17.4 Å². The summed E-state index contributed by atoms with van der Waals surface area (Å²) in [5, 5.41) is 18.6. The van der Waals surface area contributed by atoms with Gasteiger partial charge in [0.1, 0.15) is 11.5 Å². The zero-order chi connectivity index (χ0) is 16.0. The molecule has 2 heteroatoms. The van der Waals surface area contributed by atoms with E-state index in [2.05, 4.69) is 26.8 Å². The Labute approximate surface area is 128 Å². The van der Waals surface area contributed by atoms with Crippen molar-refractivity contribution in [1.82, 2.24) is 0 Å². The van der Waals surface area contributed by atoms with Crippen molar-refractivity contribution in [2.24, 2.45) is 0 Å². The summed E-state index contributed by atoms with van der Waals surface area (Å²) in [4.78, 5) is 0. The molecule has 0 bridgehead atoms. The van der Waals surface area contributed by atoms with Crippen molar-refractivity contribution in [3.05, 3.63) is 58.7 Å². The first-order valence-corrected chi connectivity index (χ1v) is 7.42. The molecule has 0 radical (unpaired) electrons. The molecule has 0 aliphatic rings. The van der Waals surface area contributed by atoms with Gasteiger partial charge in [-0.25, -0.2) is 0 Å². The SMILES string of the molecule is CCc1cc(C)cc(O)c1.Cc1ccc(C(C)C)c(O)c1. The molecule has 0 fully saturated rings. The van der Waals surface area contributed by atoms with E-state index >= 15 is 0 Å². The quantitative estimate of drug-likeness (QED) is 0.807. The van der Waals surface area contributed by atoms with Gasteiger partial charge in [0.2, 0.25) is 0 Å². The number of rotatable bonds is 2. The standard InChI is InChI=1S/C10H14O.C9H12O/c1-7(2)9-5-4-8(3)6-10(9)11;1-3-8-4-7(2)5-9(10)6-8/h4-7,11H,1-3H3;4-6,10H,3H2,1-2H3. The Morgan fingerprint density at radius 1 is 0.905 bits per heavy atom. The van der Waals surface area contributed by atoms with Gasteiger partial charge in [0.05, 0.1) is 0 Å². The molecular weight excluding hydrogens is 260 g/mol. The second-order valence-electron chi connectivity index (χ2n) is 5.75. The first-order valence-electron chi connectivity index (χ1n) is 7.42. The van der Waals surface area contributed by atoms with Gasteiger partial charge in [-0.3, -0.25) is 0 Å². The van der Waals surface area contributed by atoms with Crippen LogP contribution in [0.25, 0.3) is 0 Å². The summed E-state index contributed by atoms with van der Waals surface area (Å²) in [6.07, 6.45) is 0.981. The van der Waals surface area contributed by atoms with E-state index in [1.165, 1.54) is 5.56 Å². The second kappa shape index (κ2) is 7.72. The van der Waals surface area contributed by atoms with Crippen molar-refractivity contribution < 1.29 is 10.2 Å². The summed E-state index contributed by atoms with van der Waals surface area (Å²) in [5.74, 6) is 1.19. The van der Waals surface area contributed by atoms with Crippen LogP contribution in [0.2, 0.25) is 0 Å². The van der Waals surface area contributed by atoms with E-state index in [-0.39, 0.29) is 0 Å². The molecule has 114 valence electrons. The molecule has 2 nitrogen and oxygen atoms in total. The highest BCUT2D eigenvalue weighted by Crippen LogP contribution is 2.25. The Morgan fingerprint density at radius 3 is 2.05 bits per heavy atom. The summed E-state index contributed by atoms with van der Waals surface area (Å²) in [6, 6.07) is 11.4. The molecule has 2 N–H and O–H groups in total. The Kier molecular flexibility index (Phi) is 6.29. The highest BCUT2D eigenvalue weighted by Gasteiger charge is 2.03. The number of phenols is 2. The minimum absolute atomic E-state index is 0.372.